The van der Waals surface area contributed by atoms with Crippen LogP contribution in [0.1, 0.15) is 32.5 Å². The molecule has 2 aromatic carbocycles. The van der Waals surface area contributed by atoms with E-state index in [0.29, 0.717) is 10.0 Å². The molecule has 0 saturated carbocycles. The third-order valence-electron chi connectivity index (χ3n) is 4.47. The largest absolute Gasteiger partial charge is 0.356 e. The van der Waals surface area contributed by atoms with Crippen LogP contribution >= 0.6 is 23.2 Å². The van der Waals surface area contributed by atoms with Gasteiger partial charge in [-0.25, -0.2) is 9.97 Å². The maximum atomic E-state index is 6.47. The van der Waals surface area contributed by atoms with Crippen LogP contribution < -0.4 is 4.90 Å². The van der Waals surface area contributed by atoms with Gasteiger partial charge in [-0.05, 0) is 50.1 Å². The molecule has 0 saturated heterocycles. The number of nitrogens with zero attached hydrogens (tertiary/aromatic N) is 3. The standard InChI is InChI=1S/C21H23Cl2N3/c1-4-6-11-26(5-2)21-19-13-17(23)12-18(20(19)24-14(3)25-21)15-7-9-16(22)10-8-15/h7-10,12-13H,4-6,11H2,1-3H3. The first-order chi connectivity index (χ1) is 12.5. The zero-order valence-electron chi connectivity index (χ0n) is 15.4. The molecule has 3 nitrogen and oxygen atoms in total. The Hall–Kier alpha value is -1.84. The fourth-order valence-electron chi connectivity index (χ4n) is 3.14. The lowest BCUT2D eigenvalue weighted by Gasteiger charge is -2.24. The van der Waals surface area contributed by atoms with Crippen molar-refractivity contribution in [2.75, 3.05) is 18.0 Å². The van der Waals surface area contributed by atoms with E-state index in [4.69, 9.17) is 33.2 Å². The van der Waals surface area contributed by atoms with Gasteiger partial charge < -0.3 is 4.90 Å². The van der Waals surface area contributed by atoms with Gasteiger partial charge in [-0.2, -0.15) is 0 Å². The van der Waals surface area contributed by atoms with E-state index < -0.39 is 0 Å². The molecule has 0 bridgehead atoms. The van der Waals surface area contributed by atoms with Gasteiger partial charge in [-0.1, -0.05) is 48.7 Å². The molecule has 5 heteroatoms. The first-order valence-electron chi connectivity index (χ1n) is 9.02. The van der Waals surface area contributed by atoms with Gasteiger partial charge in [0.25, 0.3) is 0 Å². The van der Waals surface area contributed by atoms with Crippen molar-refractivity contribution < 1.29 is 0 Å². The summed E-state index contributed by atoms with van der Waals surface area (Å²) in [4.78, 5) is 11.8. The highest BCUT2D eigenvalue weighted by Crippen LogP contribution is 2.35. The predicted molar refractivity (Wildman–Crippen MR) is 113 cm³/mol. The van der Waals surface area contributed by atoms with E-state index in [1.54, 1.807) is 0 Å². The molecule has 136 valence electrons. The summed E-state index contributed by atoms with van der Waals surface area (Å²) in [6, 6.07) is 11.7. The number of benzene rings is 2. The lowest BCUT2D eigenvalue weighted by atomic mass is 10.0. The molecule has 3 rings (SSSR count). The molecule has 0 fully saturated rings. The molecular weight excluding hydrogens is 365 g/mol. The number of rotatable bonds is 6. The summed E-state index contributed by atoms with van der Waals surface area (Å²) >= 11 is 12.5. The Morgan fingerprint density at radius 3 is 2.35 bits per heavy atom. The van der Waals surface area contributed by atoms with Crippen molar-refractivity contribution in [3.63, 3.8) is 0 Å². The first kappa shape index (κ1) is 18.9. The highest BCUT2D eigenvalue weighted by Gasteiger charge is 2.16. The Bertz CT molecular complexity index is 907. The summed E-state index contributed by atoms with van der Waals surface area (Å²) < 4.78 is 0. The van der Waals surface area contributed by atoms with Crippen molar-refractivity contribution in [2.45, 2.75) is 33.6 Å². The van der Waals surface area contributed by atoms with Crippen molar-refractivity contribution >= 4 is 39.9 Å². The molecule has 0 amide bonds. The number of aryl methyl sites for hydroxylation is 1. The number of hydrogen-bond donors (Lipinski definition) is 0. The average molecular weight is 388 g/mol. The SMILES string of the molecule is CCCCN(CC)c1nc(C)nc2c(-c3ccc(Cl)cc3)cc(Cl)cc12. The molecule has 0 aliphatic heterocycles. The Morgan fingerprint density at radius 2 is 1.69 bits per heavy atom. The van der Waals surface area contributed by atoms with Crippen molar-refractivity contribution in [3.8, 4) is 11.1 Å². The van der Waals surface area contributed by atoms with Crippen molar-refractivity contribution in [1.82, 2.24) is 9.97 Å². The van der Waals surface area contributed by atoms with Gasteiger partial charge in [0, 0.05) is 34.1 Å². The monoisotopic (exact) mass is 387 g/mol. The molecule has 0 unspecified atom stereocenters. The summed E-state index contributed by atoms with van der Waals surface area (Å²) in [5.41, 5.74) is 2.97. The van der Waals surface area contributed by atoms with Gasteiger partial charge in [0.05, 0.1) is 5.52 Å². The van der Waals surface area contributed by atoms with Gasteiger partial charge >= 0.3 is 0 Å². The van der Waals surface area contributed by atoms with E-state index in [0.717, 1.165) is 59.6 Å². The maximum absolute atomic E-state index is 6.47. The Balaban J connectivity index is 2.24. The van der Waals surface area contributed by atoms with Crippen LogP contribution in [0.5, 0.6) is 0 Å². The number of unbranched alkanes of at least 4 members (excludes halogenated alkanes) is 1. The van der Waals surface area contributed by atoms with Gasteiger partial charge in [0.2, 0.25) is 0 Å². The average Bonchev–Trinajstić information content (AvgIpc) is 2.63. The summed E-state index contributed by atoms with van der Waals surface area (Å²) in [7, 11) is 0. The third-order valence-corrected chi connectivity index (χ3v) is 4.95. The highest BCUT2D eigenvalue weighted by atomic mass is 35.5. The van der Waals surface area contributed by atoms with E-state index >= 15 is 0 Å². The molecule has 3 aromatic rings. The normalized spacial score (nSPS) is 11.1. The third kappa shape index (κ3) is 3.94. The van der Waals surface area contributed by atoms with Crippen molar-refractivity contribution in [2.24, 2.45) is 0 Å². The lowest BCUT2D eigenvalue weighted by Crippen LogP contribution is -2.25. The maximum Gasteiger partial charge on any atom is 0.140 e. The molecule has 1 heterocycles. The number of anilines is 1. The molecule has 26 heavy (non-hydrogen) atoms. The minimum absolute atomic E-state index is 0.683. The summed E-state index contributed by atoms with van der Waals surface area (Å²) in [6.45, 7) is 8.17. The molecule has 0 radical (unpaired) electrons. The van der Waals surface area contributed by atoms with E-state index in [-0.39, 0.29) is 0 Å². The van der Waals surface area contributed by atoms with E-state index in [1.807, 2.05) is 43.3 Å². The van der Waals surface area contributed by atoms with Gasteiger partial charge in [-0.3, -0.25) is 0 Å². The molecule has 0 atom stereocenters. The molecular formula is C21H23Cl2N3. The summed E-state index contributed by atoms with van der Waals surface area (Å²) in [5, 5.41) is 2.39. The predicted octanol–water partition coefficient (Wildman–Crippen LogP) is 6.54. The van der Waals surface area contributed by atoms with Crippen LogP contribution in [0.3, 0.4) is 0 Å². The molecule has 0 N–H and O–H groups in total. The lowest BCUT2D eigenvalue weighted by molar-refractivity contribution is 0.724. The number of aromatic nitrogens is 2. The van der Waals surface area contributed by atoms with Crippen LogP contribution in [0.2, 0.25) is 10.0 Å². The number of hydrogen-bond acceptors (Lipinski definition) is 3. The summed E-state index contributed by atoms with van der Waals surface area (Å²) in [6.07, 6.45) is 2.28. The van der Waals surface area contributed by atoms with Crippen molar-refractivity contribution in [1.29, 1.82) is 0 Å². The second-order valence-electron chi connectivity index (χ2n) is 6.38. The highest BCUT2D eigenvalue weighted by molar-refractivity contribution is 6.32. The quantitative estimate of drug-likeness (QED) is 0.480. The zero-order valence-corrected chi connectivity index (χ0v) is 16.9. The second kappa shape index (κ2) is 8.24. The van der Waals surface area contributed by atoms with E-state index in [9.17, 15) is 0 Å². The van der Waals surface area contributed by atoms with E-state index in [2.05, 4.69) is 18.7 Å². The smallest absolute Gasteiger partial charge is 0.140 e. The molecule has 0 aliphatic rings. The van der Waals surface area contributed by atoms with Crippen LogP contribution in [-0.4, -0.2) is 23.1 Å². The van der Waals surface area contributed by atoms with Gasteiger partial charge in [0.1, 0.15) is 11.6 Å². The van der Waals surface area contributed by atoms with Crippen LogP contribution in [0.15, 0.2) is 36.4 Å². The number of halogens is 2. The fraction of sp³-hybridized carbons (Fsp3) is 0.333. The van der Waals surface area contributed by atoms with Crippen LogP contribution in [0, 0.1) is 6.92 Å². The van der Waals surface area contributed by atoms with Crippen LogP contribution in [0.25, 0.3) is 22.0 Å². The fourth-order valence-corrected chi connectivity index (χ4v) is 3.49. The van der Waals surface area contributed by atoms with Crippen molar-refractivity contribution in [3.05, 3.63) is 52.3 Å². The topological polar surface area (TPSA) is 29.0 Å². The van der Waals surface area contributed by atoms with Gasteiger partial charge in [-0.15, -0.1) is 0 Å². The minimum Gasteiger partial charge on any atom is -0.356 e. The van der Waals surface area contributed by atoms with Crippen LogP contribution in [-0.2, 0) is 0 Å². The second-order valence-corrected chi connectivity index (χ2v) is 7.26. The first-order valence-corrected chi connectivity index (χ1v) is 9.77. The minimum atomic E-state index is 0.683. The Kier molecular flexibility index (Phi) is 6.00. The number of fused-ring (bicyclic) bond motifs is 1. The Labute approximate surface area is 165 Å². The zero-order chi connectivity index (χ0) is 18.7. The van der Waals surface area contributed by atoms with E-state index in [1.165, 1.54) is 0 Å². The molecule has 0 aliphatic carbocycles. The van der Waals surface area contributed by atoms with Gasteiger partial charge in [0.15, 0.2) is 0 Å². The molecule has 1 aromatic heterocycles. The Morgan fingerprint density at radius 1 is 0.962 bits per heavy atom. The molecule has 0 spiro atoms. The summed E-state index contributed by atoms with van der Waals surface area (Å²) in [5.74, 6) is 1.72. The van der Waals surface area contributed by atoms with Crippen LogP contribution in [0.4, 0.5) is 5.82 Å².